The summed E-state index contributed by atoms with van der Waals surface area (Å²) in [5.41, 5.74) is -1.66. The van der Waals surface area contributed by atoms with Crippen molar-refractivity contribution in [1.82, 2.24) is 15.1 Å². The number of hydrogen-bond acceptors (Lipinski definition) is 4. The van der Waals surface area contributed by atoms with Gasteiger partial charge in [0.2, 0.25) is 5.91 Å². The summed E-state index contributed by atoms with van der Waals surface area (Å²) in [5, 5.41) is 15.3. The zero-order valence-electron chi connectivity index (χ0n) is 15.0. The quantitative estimate of drug-likeness (QED) is 0.703. The fourth-order valence-electron chi connectivity index (χ4n) is 3.67. The van der Waals surface area contributed by atoms with Crippen LogP contribution in [-0.4, -0.2) is 33.3 Å². The molecule has 144 valence electrons. The summed E-state index contributed by atoms with van der Waals surface area (Å²) in [6.07, 6.45) is 3.79. The minimum atomic E-state index is -0.901. The number of amides is 1. The number of carbonyl (C=O) groups is 2. The fraction of sp³-hybridized carbons (Fsp3) is 0.474. The normalized spacial score (nSPS) is 16.1. The lowest BCUT2D eigenvalue weighted by Crippen LogP contribution is -2.44. The Morgan fingerprint density at radius 1 is 1.11 bits per heavy atom. The van der Waals surface area contributed by atoms with Crippen LogP contribution in [0.3, 0.4) is 0 Å². The van der Waals surface area contributed by atoms with E-state index in [9.17, 15) is 24.3 Å². The minimum Gasteiger partial charge on any atom is -0.481 e. The molecule has 1 aliphatic rings. The molecule has 3 N–H and O–H groups in total. The highest BCUT2D eigenvalue weighted by Crippen LogP contribution is 2.35. The average molecular weight is 373 g/mol. The van der Waals surface area contributed by atoms with Gasteiger partial charge in [0.1, 0.15) is 0 Å². The van der Waals surface area contributed by atoms with Crippen molar-refractivity contribution in [2.75, 3.05) is 6.54 Å². The van der Waals surface area contributed by atoms with E-state index >= 15 is 0 Å². The van der Waals surface area contributed by atoms with Crippen LogP contribution in [0.15, 0.2) is 33.9 Å². The van der Waals surface area contributed by atoms with Gasteiger partial charge in [-0.15, -0.1) is 0 Å². The number of carbonyl (C=O) groups excluding carboxylic acids is 1. The van der Waals surface area contributed by atoms with Crippen LogP contribution < -0.4 is 16.4 Å². The lowest BCUT2D eigenvalue weighted by Gasteiger charge is -2.33. The summed E-state index contributed by atoms with van der Waals surface area (Å²) in [7, 11) is 0. The molecule has 8 nitrogen and oxygen atoms in total. The van der Waals surface area contributed by atoms with E-state index in [0.29, 0.717) is 23.6 Å². The Hall–Kier alpha value is -2.90. The molecular formula is C19H23N3O5. The van der Waals surface area contributed by atoms with Gasteiger partial charge in [-0.05, 0) is 25.0 Å². The predicted molar refractivity (Wildman–Crippen MR) is 99.6 cm³/mol. The van der Waals surface area contributed by atoms with E-state index in [1.165, 1.54) is 0 Å². The molecule has 1 saturated carbocycles. The SMILES string of the molecule is O=C(CCn1[nH]c(=O)c2ccccc2c1=O)NCC1(C(=O)O)CCCCC1. The van der Waals surface area contributed by atoms with Crippen molar-refractivity contribution in [1.29, 1.82) is 0 Å². The molecule has 1 aromatic heterocycles. The molecule has 3 rings (SSSR count). The molecule has 1 heterocycles. The smallest absolute Gasteiger partial charge is 0.311 e. The second-order valence-electron chi connectivity index (χ2n) is 7.12. The van der Waals surface area contributed by atoms with Gasteiger partial charge in [-0.2, -0.15) is 0 Å². The Kier molecular flexibility index (Phi) is 5.43. The molecule has 0 aliphatic heterocycles. The number of aryl methyl sites for hydroxylation is 1. The highest BCUT2D eigenvalue weighted by atomic mass is 16.4. The first-order valence-electron chi connectivity index (χ1n) is 9.15. The van der Waals surface area contributed by atoms with Crippen molar-refractivity contribution in [3.05, 3.63) is 45.0 Å². The minimum absolute atomic E-state index is 0.0187. The molecule has 0 unspecified atom stereocenters. The maximum absolute atomic E-state index is 12.4. The number of aromatic amines is 1. The van der Waals surface area contributed by atoms with Crippen LogP contribution in [0.4, 0.5) is 0 Å². The van der Waals surface area contributed by atoms with E-state index in [4.69, 9.17) is 0 Å². The number of nitrogens with zero attached hydrogens (tertiary/aromatic N) is 1. The molecule has 8 heteroatoms. The number of benzene rings is 1. The molecule has 0 spiro atoms. The maximum Gasteiger partial charge on any atom is 0.311 e. The molecule has 27 heavy (non-hydrogen) atoms. The van der Waals surface area contributed by atoms with Gasteiger partial charge in [0.05, 0.1) is 22.7 Å². The van der Waals surface area contributed by atoms with Crippen LogP contribution in [0.25, 0.3) is 10.8 Å². The molecule has 1 amide bonds. The average Bonchev–Trinajstić information content (AvgIpc) is 2.68. The van der Waals surface area contributed by atoms with Crippen LogP contribution in [-0.2, 0) is 16.1 Å². The van der Waals surface area contributed by atoms with Crippen molar-refractivity contribution in [2.45, 2.75) is 45.1 Å². The number of carboxylic acids is 1. The molecule has 0 saturated heterocycles. The molecule has 0 atom stereocenters. The van der Waals surface area contributed by atoms with E-state index in [1.54, 1.807) is 24.3 Å². The van der Waals surface area contributed by atoms with Gasteiger partial charge in [0.25, 0.3) is 11.1 Å². The Balaban J connectivity index is 1.65. The van der Waals surface area contributed by atoms with E-state index in [2.05, 4.69) is 10.4 Å². The third kappa shape index (κ3) is 3.94. The third-order valence-corrected chi connectivity index (χ3v) is 5.33. The lowest BCUT2D eigenvalue weighted by atomic mass is 9.74. The summed E-state index contributed by atoms with van der Waals surface area (Å²) in [4.78, 5) is 48.3. The summed E-state index contributed by atoms with van der Waals surface area (Å²) in [5.74, 6) is -1.22. The van der Waals surface area contributed by atoms with E-state index in [1.807, 2.05) is 0 Å². The summed E-state index contributed by atoms with van der Waals surface area (Å²) < 4.78 is 1.12. The first kappa shape index (κ1) is 18.9. The molecule has 0 bridgehead atoms. The summed E-state index contributed by atoms with van der Waals surface area (Å²) in [6, 6.07) is 6.50. The standard InChI is InChI=1S/C19H23N3O5/c23-15(20-12-19(18(26)27)9-4-1-5-10-19)8-11-22-17(25)14-7-3-2-6-13(14)16(24)21-22/h2-3,6-7H,1,4-5,8-12H2,(H,20,23)(H,21,24)(H,26,27). The van der Waals surface area contributed by atoms with Crippen LogP contribution in [0.1, 0.15) is 38.5 Å². The monoisotopic (exact) mass is 373 g/mol. The Bertz CT molecular complexity index is 969. The summed E-state index contributed by atoms with van der Waals surface area (Å²) in [6.45, 7) is 0.106. The predicted octanol–water partition coefficient (Wildman–Crippen LogP) is 1.23. The number of nitrogens with one attached hydrogen (secondary N) is 2. The van der Waals surface area contributed by atoms with Gasteiger partial charge >= 0.3 is 5.97 Å². The number of rotatable bonds is 6. The number of fused-ring (bicyclic) bond motifs is 1. The van der Waals surface area contributed by atoms with Crippen molar-refractivity contribution >= 4 is 22.6 Å². The van der Waals surface area contributed by atoms with Gasteiger partial charge in [-0.1, -0.05) is 31.4 Å². The molecule has 1 fully saturated rings. The van der Waals surface area contributed by atoms with Crippen molar-refractivity contribution in [3.8, 4) is 0 Å². The maximum atomic E-state index is 12.4. The molecular weight excluding hydrogens is 350 g/mol. The second-order valence-corrected chi connectivity index (χ2v) is 7.12. The number of H-pyrrole nitrogens is 1. The molecule has 1 aromatic carbocycles. The van der Waals surface area contributed by atoms with E-state index in [-0.39, 0.29) is 31.0 Å². The van der Waals surface area contributed by atoms with Gasteiger partial charge in [0.15, 0.2) is 0 Å². The zero-order valence-corrected chi connectivity index (χ0v) is 15.0. The first-order chi connectivity index (χ1) is 12.9. The highest BCUT2D eigenvalue weighted by Gasteiger charge is 2.39. The number of hydrogen-bond donors (Lipinski definition) is 3. The van der Waals surface area contributed by atoms with Crippen LogP contribution in [0, 0.1) is 5.41 Å². The molecule has 0 radical (unpaired) electrons. The van der Waals surface area contributed by atoms with Gasteiger partial charge in [-0.25, -0.2) is 4.68 Å². The van der Waals surface area contributed by atoms with Crippen molar-refractivity contribution in [2.24, 2.45) is 5.41 Å². The Morgan fingerprint density at radius 2 is 1.78 bits per heavy atom. The fourth-order valence-corrected chi connectivity index (χ4v) is 3.67. The molecule has 2 aromatic rings. The Morgan fingerprint density at radius 3 is 2.44 bits per heavy atom. The van der Waals surface area contributed by atoms with Gasteiger partial charge in [-0.3, -0.25) is 24.3 Å². The Labute approximate surface area is 155 Å². The highest BCUT2D eigenvalue weighted by molar-refractivity contribution is 5.80. The number of carboxylic acid groups (broad SMARTS) is 1. The van der Waals surface area contributed by atoms with Crippen LogP contribution in [0.5, 0.6) is 0 Å². The van der Waals surface area contributed by atoms with Crippen LogP contribution in [0.2, 0.25) is 0 Å². The van der Waals surface area contributed by atoms with Gasteiger partial charge < -0.3 is 10.4 Å². The third-order valence-electron chi connectivity index (χ3n) is 5.33. The summed E-state index contributed by atoms with van der Waals surface area (Å²) >= 11 is 0. The largest absolute Gasteiger partial charge is 0.481 e. The van der Waals surface area contributed by atoms with E-state index in [0.717, 1.165) is 23.9 Å². The van der Waals surface area contributed by atoms with Crippen molar-refractivity contribution in [3.63, 3.8) is 0 Å². The van der Waals surface area contributed by atoms with Crippen LogP contribution >= 0.6 is 0 Å². The van der Waals surface area contributed by atoms with E-state index < -0.39 is 16.9 Å². The lowest BCUT2D eigenvalue weighted by molar-refractivity contribution is -0.151. The number of aromatic nitrogens is 2. The van der Waals surface area contributed by atoms with Gasteiger partial charge in [0, 0.05) is 13.0 Å². The second kappa shape index (κ2) is 7.77. The first-order valence-corrected chi connectivity index (χ1v) is 9.15. The number of aliphatic carboxylic acids is 1. The van der Waals surface area contributed by atoms with Crippen molar-refractivity contribution < 1.29 is 14.7 Å². The molecule has 1 aliphatic carbocycles. The topological polar surface area (TPSA) is 121 Å². The zero-order chi connectivity index (χ0) is 19.4.